The van der Waals surface area contributed by atoms with Crippen LogP contribution >= 0.6 is 0 Å². The largest absolute Gasteiger partial charge is 0.464 e. The van der Waals surface area contributed by atoms with Crippen molar-refractivity contribution in [3.05, 3.63) is 53.0 Å². The third-order valence-corrected chi connectivity index (χ3v) is 3.96. The summed E-state index contributed by atoms with van der Waals surface area (Å²) in [5.74, 6) is 1.98. The summed E-state index contributed by atoms with van der Waals surface area (Å²) < 4.78 is 5.70. The minimum atomic E-state index is 0.210. The van der Waals surface area contributed by atoms with Gasteiger partial charge in [0.1, 0.15) is 11.5 Å². The van der Waals surface area contributed by atoms with Crippen LogP contribution in [0.3, 0.4) is 0 Å². The van der Waals surface area contributed by atoms with E-state index in [2.05, 4.69) is 36.5 Å². The van der Waals surface area contributed by atoms with Crippen molar-refractivity contribution in [2.45, 2.75) is 45.6 Å². The molecule has 0 saturated carbocycles. The molecule has 0 fully saturated rings. The first-order chi connectivity index (χ1) is 9.24. The molecule has 0 bridgehead atoms. The molecule has 0 radical (unpaired) electrons. The summed E-state index contributed by atoms with van der Waals surface area (Å²) in [5, 5.41) is 3.61. The molecule has 0 saturated heterocycles. The number of hydrogen-bond acceptors (Lipinski definition) is 2. The van der Waals surface area contributed by atoms with Gasteiger partial charge in [-0.2, -0.15) is 0 Å². The second-order valence-electron chi connectivity index (χ2n) is 5.46. The van der Waals surface area contributed by atoms with Gasteiger partial charge in [-0.3, -0.25) is 0 Å². The topological polar surface area (TPSA) is 25.2 Å². The Labute approximate surface area is 114 Å². The summed E-state index contributed by atoms with van der Waals surface area (Å²) in [5.41, 5.74) is 4.29. The zero-order valence-electron chi connectivity index (χ0n) is 11.7. The van der Waals surface area contributed by atoms with Gasteiger partial charge in [0.05, 0.1) is 6.04 Å². The summed E-state index contributed by atoms with van der Waals surface area (Å²) in [6.07, 6.45) is 5.05. The number of nitrogens with one attached hydrogen (secondary N) is 1. The monoisotopic (exact) mass is 255 g/mol. The van der Waals surface area contributed by atoms with Crippen LogP contribution < -0.4 is 5.32 Å². The number of hydrogen-bond donors (Lipinski definition) is 1. The van der Waals surface area contributed by atoms with Gasteiger partial charge < -0.3 is 9.73 Å². The van der Waals surface area contributed by atoms with E-state index in [0.29, 0.717) is 0 Å². The van der Waals surface area contributed by atoms with Crippen molar-refractivity contribution in [1.29, 1.82) is 0 Å². The average Bonchev–Trinajstić information content (AvgIpc) is 2.86. The molecule has 1 aliphatic rings. The zero-order chi connectivity index (χ0) is 13.2. The molecule has 1 aromatic heterocycles. The molecule has 2 aromatic rings. The van der Waals surface area contributed by atoms with Gasteiger partial charge in [0.2, 0.25) is 0 Å². The van der Waals surface area contributed by atoms with E-state index in [9.17, 15) is 0 Å². The van der Waals surface area contributed by atoms with Crippen molar-refractivity contribution in [3.63, 3.8) is 0 Å². The van der Waals surface area contributed by atoms with Crippen molar-refractivity contribution in [2.75, 3.05) is 5.32 Å². The molecule has 3 rings (SSSR count). The molecule has 1 atom stereocenters. The Morgan fingerprint density at radius 2 is 1.95 bits per heavy atom. The van der Waals surface area contributed by atoms with E-state index in [1.54, 1.807) is 0 Å². The Bertz CT molecular complexity index is 570. The van der Waals surface area contributed by atoms with E-state index >= 15 is 0 Å². The Morgan fingerprint density at radius 3 is 2.74 bits per heavy atom. The van der Waals surface area contributed by atoms with Gasteiger partial charge in [-0.1, -0.05) is 12.1 Å². The van der Waals surface area contributed by atoms with Gasteiger partial charge in [0.25, 0.3) is 0 Å². The molecule has 19 heavy (non-hydrogen) atoms. The van der Waals surface area contributed by atoms with Crippen molar-refractivity contribution in [2.24, 2.45) is 0 Å². The van der Waals surface area contributed by atoms with Crippen LogP contribution in [0.4, 0.5) is 5.69 Å². The summed E-state index contributed by atoms with van der Waals surface area (Å²) in [6.45, 7) is 4.14. The number of rotatable bonds is 3. The average molecular weight is 255 g/mol. The molecule has 2 heteroatoms. The maximum atomic E-state index is 5.70. The van der Waals surface area contributed by atoms with E-state index in [-0.39, 0.29) is 6.04 Å². The van der Waals surface area contributed by atoms with Crippen LogP contribution in [0.5, 0.6) is 0 Å². The van der Waals surface area contributed by atoms with Crippen molar-refractivity contribution in [3.8, 4) is 0 Å². The van der Waals surface area contributed by atoms with Gasteiger partial charge in [-0.25, -0.2) is 0 Å². The smallest absolute Gasteiger partial charge is 0.126 e. The fraction of sp³-hybridized carbons (Fsp3) is 0.412. The summed E-state index contributed by atoms with van der Waals surface area (Å²) in [6, 6.07) is 10.9. The van der Waals surface area contributed by atoms with Crippen molar-refractivity contribution >= 4 is 5.69 Å². The third kappa shape index (κ3) is 2.53. The van der Waals surface area contributed by atoms with Crippen LogP contribution in [0.1, 0.15) is 48.5 Å². The molecule has 1 aromatic carbocycles. The first kappa shape index (κ1) is 12.3. The highest BCUT2D eigenvalue weighted by molar-refractivity contribution is 5.56. The summed E-state index contributed by atoms with van der Waals surface area (Å²) in [4.78, 5) is 0. The fourth-order valence-corrected chi connectivity index (χ4v) is 2.91. The molecule has 2 nitrogen and oxygen atoms in total. The van der Waals surface area contributed by atoms with Gasteiger partial charge in [-0.15, -0.1) is 0 Å². The Kier molecular flexibility index (Phi) is 3.33. The van der Waals surface area contributed by atoms with Crippen LogP contribution in [-0.4, -0.2) is 0 Å². The number of furan rings is 1. The van der Waals surface area contributed by atoms with E-state index in [1.807, 2.05) is 13.0 Å². The molecule has 0 spiro atoms. The van der Waals surface area contributed by atoms with Gasteiger partial charge >= 0.3 is 0 Å². The minimum Gasteiger partial charge on any atom is -0.464 e. The van der Waals surface area contributed by atoms with Gasteiger partial charge in [-0.05, 0) is 68.9 Å². The van der Waals surface area contributed by atoms with Crippen LogP contribution in [0, 0.1) is 6.92 Å². The summed E-state index contributed by atoms with van der Waals surface area (Å²) >= 11 is 0. The molecule has 1 heterocycles. The van der Waals surface area contributed by atoms with Gasteiger partial charge in [0.15, 0.2) is 0 Å². The lowest BCUT2D eigenvalue weighted by atomic mass is 9.90. The Balaban J connectivity index is 1.83. The zero-order valence-corrected chi connectivity index (χ0v) is 11.7. The molecule has 1 unspecified atom stereocenters. The van der Waals surface area contributed by atoms with Crippen LogP contribution in [-0.2, 0) is 12.8 Å². The predicted octanol–water partition coefficient (Wildman–Crippen LogP) is 4.64. The first-order valence-corrected chi connectivity index (χ1v) is 7.17. The van der Waals surface area contributed by atoms with E-state index in [4.69, 9.17) is 4.42 Å². The molecule has 1 aliphatic carbocycles. The van der Waals surface area contributed by atoms with Crippen LogP contribution in [0.25, 0.3) is 0 Å². The number of aryl methyl sites for hydroxylation is 2. The second-order valence-corrected chi connectivity index (χ2v) is 5.46. The Morgan fingerprint density at radius 1 is 1.11 bits per heavy atom. The highest BCUT2D eigenvalue weighted by atomic mass is 16.3. The highest BCUT2D eigenvalue weighted by Crippen LogP contribution is 2.30. The quantitative estimate of drug-likeness (QED) is 0.864. The predicted molar refractivity (Wildman–Crippen MR) is 78.6 cm³/mol. The van der Waals surface area contributed by atoms with Crippen LogP contribution in [0.2, 0.25) is 0 Å². The summed E-state index contributed by atoms with van der Waals surface area (Å²) in [7, 11) is 0. The van der Waals surface area contributed by atoms with Crippen LogP contribution in [0.15, 0.2) is 34.7 Å². The molecular weight excluding hydrogens is 234 g/mol. The Hall–Kier alpha value is -1.70. The van der Waals surface area contributed by atoms with E-state index in [0.717, 1.165) is 11.5 Å². The maximum Gasteiger partial charge on any atom is 0.126 e. The SMILES string of the molecule is Cc1ccc(C(C)Nc2cccc3c2CCCC3)o1. The maximum absolute atomic E-state index is 5.70. The fourth-order valence-electron chi connectivity index (χ4n) is 2.91. The number of benzene rings is 1. The third-order valence-electron chi connectivity index (χ3n) is 3.96. The number of fused-ring (bicyclic) bond motifs is 1. The second kappa shape index (κ2) is 5.12. The normalized spacial score (nSPS) is 15.9. The molecule has 0 aliphatic heterocycles. The highest BCUT2D eigenvalue weighted by Gasteiger charge is 2.15. The first-order valence-electron chi connectivity index (χ1n) is 7.17. The lowest BCUT2D eigenvalue weighted by molar-refractivity contribution is 0.466. The standard InChI is InChI=1S/C17H21NO/c1-12-10-11-17(19-12)13(2)18-16-9-5-7-14-6-3-4-8-15(14)16/h5,7,9-11,13,18H,3-4,6,8H2,1-2H3. The van der Waals surface area contributed by atoms with E-state index < -0.39 is 0 Å². The molecule has 0 amide bonds. The van der Waals surface area contributed by atoms with Crippen molar-refractivity contribution in [1.82, 2.24) is 0 Å². The number of anilines is 1. The molecular formula is C17H21NO. The molecule has 100 valence electrons. The lowest BCUT2D eigenvalue weighted by Crippen LogP contribution is -2.11. The lowest BCUT2D eigenvalue weighted by Gasteiger charge is -2.22. The van der Waals surface area contributed by atoms with Crippen molar-refractivity contribution < 1.29 is 4.42 Å². The van der Waals surface area contributed by atoms with Gasteiger partial charge in [0, 0.05) is 5.69 Å². The van der Waals surface area contributed by atoms with E-state index in [1.165, 1.54) is 42.5 Å². The molecule has 1 N–H and O–H groups in total. The minimum absolute atomic E-state index is 0.210.